The van der Waals surface area contributed by atoms with Crippen LogP contribution in [0.1, 0.15) is 95.9 Å². The van der Waals surface area contributed by atoms with Crippen molar-refractivity contribution in [3.8, 4) is 0 Å². The first kappa shape index (κ1) is 26.8. The zero-order chi connectivity index (χ0) is 22.6. The molecule has 0 atom stereocenters. The third-order valence-electron chi connectivity index (χ3n) is 3.72. The third-order valence-corrected chi connectivity index (χ3v) is 3.72. The van der Waals surface area contributed by atoms with Gasteiger partial charge in [-0.25, -0.2) is 10.0 Å². The number of carbonyl (C=O) groups is 2. The van der Waals surface area contributed by atoms with Crippen LogP contribution in [-0.4, -0.2) is 44.1 Å². The number of nitrogens with zero attached hydrogens (tertiary/aromatic N) is 2. The van der Waals surface area contributed by atoms with Gasteiger partial charge in [0.15, 0.2) is 0 Å². The number of hydrogen-bond donors (Lipinski definition) is 2. The summed E-state index contributed by atoms with van der Waals surface area (Å²) in [6.07, 6.45) is -0.165. The van der Waals surface area contributed by atoms with Gasteiger partial charge in [0.2, 0.25) is 0 Å². The molecular formula is C20H42N4O4. The lowest BCUT2D eigenvalue weighted by atomic mass is 9.99. The van der Waals surface area contributed by atoms with E-state index >= 15 is 0 Å². The molecule has 0 radical (unpaired) electrons. The highest BCUT2D eigenvalue weighted by atomic mass is 16.7. The summed E-state index contributed by atoms with van der Waals surface area (Å²) < 4.78 is 0. The second-order valence-corrected chi connectivity index (χ2v) is 11.0. The number of rotatable bonds is 7. The Morgan fingerprint density at radius 1 is 0.571 bits per heavy atom. The van der Waals surface area contributed by atoms with E-state index in [0.29, 0.717) is 0 Å². The fourth-order valence-corrected chi connectivity index (χ4v) is 3.06. The van der Waals surface area contributed by atoms with Crippen LogP contribution in [0.2, 0.25) is 0 Å². The van der Waals surface area contributed by atoms with E-state index in [9.17, 15) is 9.59 Å². The Bertz CT molecular complexity index is 446. The van der Waals surface area contributed by atoms with Crippen LogP contribution in [0.25, 0.3) is 0 Å². The molecule has 0 bridgehead atoms. The lowest BCUT2D eigenvalue weighted by molar-refractivity contribution is -0.192. The van der Waals surface area contributed by atoms with E-state index in [1.54, 1.807) is 0 Å². The van der Waals surface area contributed by atoms with Crippen molar-refractivity contribution >= 4 is 11.9 Å². The minimum absolute atomic E-state index is 0.0827. The van der Waals surface area contributed by atoms with Crippen molar-refractivity contribution in [2.45, 2.75) is 118 Å². The molecule has 0 unspecified atom stereocenters. The summed E-state index contributed by atoms with van der Waals surface area (Å²) in [5.41, 5.74) is 4.41. The van der Waals surface area contributed by atoms with Gasteiger partial charge in [0.1, 0.15) is 0 Å². The van der Waals surface area contributed by atoms with Crippen LogP contribution in [0, 0.1) is 0 Å². The van der Waals surface area contributed by atoms with E-state index in [4.69, 9.17) is 9.68 Å². The van der Waals surface area contributed by atoms with E-state index < -0.39 is 11.9 Å². The van der Waals surface area contributed by atoms with Crippen molar-refractivity contribution < 1.29 is 19.3 Å². The Balaban J connectivity index is 4.55. The topological polar surface area (TPSA) is 83.1 Å². The van der Waals surface area contributed by atoms with E-state index in [1.807, 2.05) is 93.1 Å². The summed E-state index contributed by atoms with van der Waals surface area (Å²) in [7, 11) is 0. The van der Waals surface area contributed by atoms with Crippen LogP contribution in [-0.2, 0) is 19.3 Å². The van der Waals surface area contributed by atoms with Crippen LogP contribution in [0.4, 0.5) is 0 Å². The van der Waals surface area contributed by atoms with Gasteiger partial charge in [-0.2, -0.15) is 0 Å². The molecule has 0 rings (SSSR count). The van der Waals surface area contributed by atoms with Crippen LogP contribution >= 0.6 is 0 Å². The first-order valence-electron chi connectivity index (χ1n) is 9.77. The monoisotopic (exact) mass is 402 g/mol. The molecule has 2 N–H and O–H groups in total. The average molecular weight is 403 g/mol. The molecule has 0 aromatic carbocycles. The number of hydrogen-bond acceptors (Lipinski definition) is 8. The fraction of sp³-hybridized carbons (Fsp3) is 0.900. The number of nitrogens with one attached hydrogen (secondary N) is 2. The molecule has 0 saturated heterocycles. The summed E-state index contributed by atoms with van der Waals surface area (Å²) in [6, 6.07) is 0. The molecule has 8 nitrogen and oxygen atoms in total. The highest BCUT2D eigenvalue weighted by Gasteiger charge is 2.34. The van der Waals surface area contributed by atoms with Gasteiger partial charge in [0.25, 0.3) is 0 Å². The van der Waals surface area contributed by atoms with Gasteiger partial charge >= 0.3 is 11.9 Å². The van der Waals surface area contributed by atoms with Crippen molar-refractivity contribution in [2.75, 3.05) is 0 Å². The molecule has 8 heteroatoms. The van der Waals surface area contributed by atoms with Gasteiger partial charge in [-0.3, -0.25) is 9.59 Å². The van der Waals surface area contributed by atoms with Crippen molar-refractivity contribution in [3.05, 3.63) is 0 Å². The maximum absolute atomic E-state index is 12.0. The lowest BCUT2D eigenvalue weighted by Gasteiger charge is -2.44. The quantitative estimate of drug-likeness (QED) is 0.626. The molecule has 0 aliphatic heterocycles. The maximum atomic E-state index is 12.0. The fourth-order valence-electron chi connectivity index (χ4n) is 3.06. The summed E-state index contributed by atoms with van der Waals surface area (Å²) in [5, 5.41) is 3.70. The van der Waals surface area contributed by atoms with E-state index in [-0.39, 0.29) is 35.0 Å². The molecule has 0 aliphatic carbocycles. The first-order chi connectivity index (χ1) is 12.3. The van der Waals surface area contributed by atoms with Crippen molar-refractivity contribution in [2.24, 2.45) is 0 Å². The van der Waals surface area contributed by atoms with Crippen LogP contribution in [0.15, 0.2) is 0 Å². The molecule has 0 saturated carbocycles. The molecule has 0 amide bonds. The Morgan fingerprint density at radius 3 is 0.964 bits per heavy atom. The Kier molecular flexibility index (Phi) is 9.10. The zero-order valence-corrected chi connectivity index (χ0v) is 19.9. The van der Waals surface area contributed by atoms with Crippen molar-refractivity contribution in [1.29, 1.82) is 0 Å². The summed E-state index contributed by atoms with van der Waals surface area (Å²) in [6.45, 7) is 24.1. The van der Waals surface area contributed by atoms with Gasteiger partial charge in [0.05, 0.1) is 12.8 Å². The zero-order valence-electron chi connectivity index (χ0n) is 19.9. The minimum atomic E-state index is -0.529. The maximum Gasteiger partial charge on any atom is 0.327 e. The number of hydrazine groups is 2. The van der Waals surface area contributed by atoms with Gasteiger partial charge < -0.3 is 9.68 Å². The Hall–Kier alpha value is -1.22. The molecule has 0 spiro atoms. The van der Waals surface area contributed by atoms with E-state index in [1.165, 1.54) is 0 Å². The molecule has 0 heterocycles. The minimum Gasteiger partial charge on any atom is -0.356 e. The number of carbonyl (C=O) groups excluding carboxylic acids is 2. The Labute approximate surface area is 171 Å². The summed E-state index contributed by atoms with van der Waals surface area (Å²) >= 11 is 0. The largest absolute Gasteiger partial charge is 0.356 e. The molecule has 0 aromatic heterocycles. The molecule has 166 valence electrons. The average Bonchev–Trinajstić information content (AvgIpc) is 2.39. The molecule has 0 aromatic rings. The van der Waals surface area contributed by atoms with Crippen molar-refractivity contribution in [1.82, 2.24) is 21.2 Å². The first-order valence-corrected chi connectivity index (χ1v) is 9.77. The predicted octanol–water partition coefficient (Wildman–Crippen LogP) is 3.49. The predicted molar refractivity (Wildman–Crippen MR) is 110 cm³/mol. The highest BCUT2D eigenvalue weighted by molar-refractivity contribution is 5.77. The van der Waals surface area contributed by atoms with E-state index in [2.05, 4.69) is 11.2 Å². The second kappa shape index (κ2) is 9.52. The standard InChI is InChI=1S/C20H42N4O4/c1-17(2,3)23(18(4,5)6)21-27-15(25)13-14-16(26)28-22-24(19(7,8)9)20(10,11)12/h21-22H,13-14H2,1-12H3. The normalized spacial score (nSPS) is 13.8. The molecule has 0 fully saturated rings. The summed E-state index contributed by atoms with van der Waals surface area (Å²) in [4.78, 5) is 34.3. The molecule has 28 heavy (non-hydrogen) atoms. The molecular weight excluding hydrogens is 360 g/mol. The van der Waals surface area contributed by atoms with Crippen LogP contribution in [0.3, 0.4) is 0 Å². The third kappa shape index (κ3) is 9.82. The Morgan fingerprint density at radius 2 is 0.786 bits per heavy atom. The SMILES string of the molecule is CC(C)(C)N(NOC(=O)CCC(=O)ONN(C(C)(C)C)C(C)(C)C)C(C)(C)C. The summed E-state index contributed by atoms with van der Waals surface area (Å²) in [5.74, 6) is -1.06. The smallest absolute Gasteiger partial charge is 0.327 e. The van der Waals surface area contributed by atoms with Gasteiger partial charge in [-0.15, -0.1) is 0 Å². The van der Waals surface area contributed by atoms with Gasteiger partial charge in [-0.1, -0.05) is 11.2 Å². The van der Waals surface area contributed by atoms with Gasteiger partial charge in [-0.05, 0) is 83.1 Å². The van der Waals surface area contributed by atoms with Crippen LogP contribution in [0.5, 0.6) is 0 Å². The van der Waals surface area contributed by atoms with Crippen LogP contribution < -0.4 is 11.2 Å². The van der Waals surface area contributed by atoms with Gasteiger partial charge in [0, 0.05) is 22.2 Å². The second-order valence-electron chi connectivity index (χ2n) is 11.0. The molecule has 0 aliphatic rings. The highest BCUT2D eigenvalue weighted by Crippen LogP contribution is 2.23. The van der Waals surface area contributed by atoms with Crippen molar-refractivity contribution in [3.63, 3.8) is 0 Å². The van der Waals surface area contributed by atoms with E-state index in [0.717, 1.165) is 0 Å². The lowest BCUT2D eigenvalue weighted by Crippen LogP contribution is -2.60.